The summed E-state index contributed by atoms with van der Waals surface area (Å²) in [5.74, 6) is 0.759. The van der Waals surface area contributed by atoms with Crippen molar-refractivity contribution in [2.75, 3.05) is 19.8 Å². The van der Waals surface area contributed by atoms with Crippen LogP contribution in [0, 0.1) is 5.92 Å². The van der Waals surface area contributed by atoms with Crippen LogP contribution in [-0.4, -0.2) is 40.8 Å². The quantitative estimate of drug-likeness (QED) is 0.504. The molecular formula is C13H26O4Si. The average molecular weight is 274 g/mol. The molecule has 1 aliphatic heterocycles. The van der Waals surface area contributed by atoms with Gasteiger partial charge in [0.1, 0.15) is 0 Å². The van der Waals surface area contributed by atoms with Gasteiger partial charge < -0.3 is 18.0 Å². The number of hydrogen-bond acceptors (Lipinski definition) is 4. The summed E-state index contributed by atoms with van der Waals surface area (Å²) in [6.07, 6.45) is 6.00. The third-order valence-corrected chi connectivity index (χ3v) is 6.17. The monoisotopic (exact) mass is 274 g/mol. The summed E-state index contributed by atoms with van der Waals surface area (Å²) < 4.78 is 22.8. The van der Waals surface area contributed by atoms with E-state index in [0.717, 1.165) is 18.9 Å². The molecule has 0 aromatic carbocycles. The van der Waals surface area contributed by atoms with Crippen LogP contribution in [0.25, 0.3) is 0 Å². The molecule has 1 heterocycles. The Hall–Kier alpha value is 0.0569. The Kier molecular flexibility index (Phi) is 5.21. The van der Waals surface area contributed by atoms with Crippen molar-refractivity contribution in [2.24, 2.45) is 5.92 Å². The highest BCUT2D eigenvalue weighted by molar-refractivity contribution is 6.59. The third kappa shape index (κ3) is 4.03. The zero-order valence-electron chi connectivity index (χ0n) is 11.8. The van der Waals surface area contributed by atoms with Crippen LogP contribution in [0.15, 0.2) is 0 Å². The maximum atomic E-state index is 5.92. The first-order valence-corrected chi connectivity index (χ1v) is 9.46. The van der Waals surface area contributed by atoms with Gasteiger partial charge in [0.05, 0.1) is 12.2 Å². The van der Waals surface area contributed by atoms with Crippen LogP contribution in [0.3, 0.4) is 0 Å². The molecule has 1 aliphatic carbocycles. The molecule has 106 valence electrons. The molecule has 0 bridgehead atoms. The van der Waals surface area contributed by atoms with Gasteiger partial charge in [-0.1, -0.05) is 0 Å². The second-order valence-electron chi connectivity index (χ2n) is 5.26. The number of rotatable bonds is 8. The molecule has 18 heavy (non-hydrogen) atoms. The smallest absolute Gasteiger partial charge is 0.374 e. The third-order valence-electron chi connectivity index (χ3n) is 3.82. The van der Waals surface area contributed by atoms with E-state index in [0.29, 0.717) is 25.4 Å². The van der Waals surface area contributed by atoms with Crippen molar-refractivity contribution in [2.45, 2.75) is 58.3 Å². The largest absolute Gasteiger partial charge is 0.497 e. The van der Waals surface area contributed by atoms with Crippen LogP contribution in [0.1, 0.15) is 39.5 Å². The summed E-state index contributed by atoms with van der Waals surface area (Å²) in [6.45, 7) is 8.03. The Balaban J connectivity index is 1.65. The van der Waals surface area contributed by atoms with Gasteiger partial charge in [0.25, 0.3) is 0 Å². The molecule has 0 N–H and O–H groups in total. The van der Waals surface area contributed by atoms with Gasteiger partial charge in [0.15, 0.2) is 0 Å². The summed E-state index contributed by atoms with van der Waals surface area (Å²) in [5, 5.41) is 0. The van der Waals surface area contributed by atoms with E-state index in [1.54, 1.807) is 0 Å². The van der Waals surface area contributed by atoms with Crippen LogP contribution in [-0.2, 0) is 18.0 Å². The first-order chi connectivity index (χ1) is 8.67. The lowest BCUT2D eigenvalue weighted by molar-refractivity contribution is 0.0679. The normalized spacial score (nSPS) is 31.2. The van der Waals surface area contributed by atoms with E-state index in [1.165, 1.54) is 19.3 Å². The van der Waals surface area contributed by atoms with Crippen molar-refractivity contribution in [3.8, 4) is 0 Å². The molecule has 0 aromatic rings. The molecule has 0 amide bonds. The van der Waals surface area contributed by atoms with E-state index in [9.17, 15) is 0 Å². The summed E-state index contributed by atoms with van der Waals surface area (Å²) >= 11 is 0. The highest BCUT2D eigenvalue weighted by Crippen LogP contribution is 2.40. The van der Waals surface area contributed by atoms with Crippen molar-refractivity contribution in [3.05, 3.63) is 0 Å². The Morgan fingerprint density at radius 3 is 2.39 bits per heavy atom. The van der Waals surface area contributed by atoms with E-state index in [-0.39, 0.29) is 0 Å². The number of fused-ring (bicyclic) bond motifs is 1. The second kappa shape index (κ2) is 6.48. The van der Waals surface area contributed by atoms with E-state index in [4.69, 9.17) is 18.0 Å². The average Bonchev–Trinajstić information content (AvgIpc) is 3.08. The first kappa shape index (κ1) is 14.5. The molecule has 3 unspecified atom stereocenters. The highest BCUT2D eigenvalue weighted by Gasteiger charge is 2.43. The molecular weight excluding hydrogens is 248 g/mol. The van der Waals surface area contributed by atoms with Crippen molar-refractivity contribution in [1.29, 1.82) is 0 Å². The first-order valence-electron chi connectivity index (χ1n) is 7.24. The highest BCUT2D eigenvalue weighted by atomic mass is 28.4. The van der Waals surface area contributed by atoms with Gasteiger partial charge in [-0.25, -0.2) is 0 Å². The second-order valence-corrected chi connectivity index (χ2v) is 7.85. The Morgan fingerprint density at radius 1 is 1.06 bits per heavy atom. The van der Waals surface area contributed by atoms with E-state index in [2.05, 4.69) is 0 Å². The minimum absolute atomic E-state index is 0.561. The fourth-order valence-electron chi connectivity index (χ4n) is 2.81. The molecule has 0 radical (unpaired) electrons. The SMILES string of the molecule is CCO[Si](C)(OCC)OCCC1CCC2OC2C1. The summed E-state index contributed by atoms with van der Waals surface area (Å²) in [5.41, 5.74) is 0. The fraction of sp³-hybridized carbons (Fsp3) is 1.00. The zero-order valence-corrected chi connectivity index (χ0v) is 12.8. The zero-order chi connectivity index (χ0) is 13.0. The van der Waals surface area contributed by atoms with E-state index >= 15 is 0 Å². The van der Waals surface area contributed by atoms with Crippen molar-refractivity contribution in [1.82, 2.24) is 0 Å². The van der Waals surface area contributed by atoms with Crippen LogP contribution >= 0.6 is 0 Å². The summed E-state index contributed by atoms with van der Waals surface area (Å²) in [7, 11) is -2.37. The summed E-state index contributed by atoms with van der Waals surface area (Å²) in [6, 6.07) is 0. The fourth-order valence-corrected chi connectivity index (χ4v) is 4.60. The Labute approximate surface area is 111 Å². The van der Waals surface area contributed by atoms with Gasteiger partial charge >= 0.3 is 8.80 Å². The maximum Gasteiger partial charge on any atom is 0.497 e. The lowest BCUT2D eigenvalue weighted by Crippen LogP contribution is -2.43. The lowest BCUT2D eigenvalue weighted by Gasteiger charge is -2.26. The van der Waals surface area contributed by atoms with Crippen molar-refractivity contribution >= 4 is 8.80 Å². The lowest BCUT2D eigenvalue weighted by atomic mass is 9.87. The minimum atomic E-state index is -2.37. The molecule has 2 fully saturated rings. The number of ether oxygens (including phenoxy) is 1. The van der Waals surface area contributed by atoms with Crippen LogP contribution in [0.4, 0.5) is 0 Å². The van der Waals surface area contributed by atoms with Crippen molar-refractivity contribution in [3.63, 3.8) is 0 Å². The van der Waals surface area contributed by atoms with E-state index < -0.39 is 8.80 Å². The van der Waals surface area contributed by atoms with Gasteiger partial charge in [0, 0.05) is 26.4 Å². The van der Waals surface area contributed by atoms with Gasteiger partial charge in [-0.3, -0.25) is 0 Å². The molecule has 2 aliphatic rings. The summed E-state index contributed by atoms with van der Waals surface area (Å²) in [4.78, 5) is 0. The molecule has 0 aromatic heterocycles. The van der Waals surface area contributed by atoms with Gasteiger partial charge in [-0.2, -0.15) is 0 Å². The Morgan fingerprint density at radius 2 is 1.78 bits per heavy atom. The van der Waals surface area contributed by atoms with Crippen molar-refractivity contribution < 1.29 is 18.0 Å². The molecule has 1 saturated heterocycles. The number of hydrogen-bond donors (Lipinski definition) is 0. The molecule has 4 nitrogen and oxygen atoms in total. The predicted octanol–water partition coefficient (Wildman–Crippen LogP) is 2.60. The van der Waals surface area contributed by atoms with Crippen LogP contribution < -0.4 is 0 Å². The maximum absolute atomic E-state index is 5.92. The molecule has 2 rings (SSSR count). The van der Waals surface area contributed by atoms with Gasteiger partial charge in [0.2, 0.25) is 0 Å². The van der Waals surface area contributed by atoms with Crippen LogP contribution in [0.2, 0.25) is 6.55 Å². The standard InChI is InChI=1S/C13H26O4Si/c1-4-14-18(3,15-5-2)16-9-8-11-6-7-12-13(10-11)17-12/h11-13H,4-10H2,1-3H3. The molecule has 3 atom stereocenters. The molecule has 5 heteroatoms. The minimum Gasteiger partial charge on any atom is -0.374 e. The van der Waals surface area contributed by atoms with E-state index in [1.807, 2.05) is 20.4 Å². The molecule has 0 spiro atoms. The Bertz CT molecular complexity index is 255. The van der Waals surface area contributed by atoms with Gasteiger partial charge in [-0.05, 0) is 45.4 Å². The predicted molar refractivity (Wildman–Crippen MR) is 71.4 cm³/mol. The van der Waals surface area contributed by atoms with Gasteiger partial charge in [-0.15, -0.1) is 0 Å². The topological polar surface area (TPSA) is 40.2 Å². The number of epoxide rings is 1. The van der Waals surface area contributed by atoms with Crippen LogP contribution in [0.5, 0.6) is 0 Å². The molecule has 1 saturated carbocycles.